The first-order valence-electron chi connectivity index (χ1n) is 2.37. The van der Waals surface area contributed by atoms with Crippen molar-refractivity contribution in [3.05, 3.63) is 29.0 Å². The minimum absolute atomic E-state index is 0.729. The zero-order valence-corrected chi connectivity index (χ0v) is 5.31. The van der Waals surface area contributed by atoms with Gasteiger partial charge >= 0.3 is 0 Å². The fourth-order valence-corrected chi connectivity index (χ4v) is 0.564. The summed E-state index contributed by atoms with van der Waals surface area (Å²) in [5.41, 5.74) is 1.07. The molecular formula is C6H6ClN. The van der Waals surface area contributed by atoms with Gasteiger partial charge in [0.25, 0.3) is 0 Å². The van der Waals surface area contributed by atoms with E-state index in [9.17, 15) is 0 Å². The molecule has 0 unspecified atom stereocenters. The molecule has 0 N–H and O–H groups in total. The van der Waals surface area contributed by atoms with Crippen molar-refractivity contribution in [2.75, 3.05) is 0 Å². The van der Waals surface area contributed by atoms with Crippen molar-refractivity contribution in [2.45, 2.75) is 6.92 Å². The number of aryl methyl sites for hydroxylation is 1. The average Bonchev–Trinajstić information content (AvgIpc) is 1.77. The number of rotatable bonds is 0. The van der Waals surface area contributed by atoms with E-state index >= 15 is 0 Å². The quantitative estimate of drug-likeness (QED) is 0.520. The van der Waals surface area contributed by atoms with Crippen LogP contribution in [0.15, 0.2) is 18.5 Å². The Morgan fingerprint density at radius 3 is 2.75 bits per heavy atom. The zero-order chi connectivity index (χ0) is 5.98. The molecular weight excluding hydrogens is 122 g/mol. The molecule has 1 nitrogen and oxygen atoms in total. The van der Waals surface area contributed by atoms with E-state index in [1.165, 1.54) is 0 Å². The first-order valence-corrected chi connectivity index (χ1v) is 2.74. The van der Waals surface area contributed by atoms with E-state index in [1.807, 2.05) is 13.0 Å². The van der Waals surface area contributed by atoms with Gasteiger partial charge in [0.15, 0.2) is 0 Å². The Labute approximate surface area is 53.3 Å². The summed E-state index contributed by atoms with van der Waals surface area (Å²) < 4.78 is 0. The molecule has 0 aliphatic rings. The smallest absolute Gasteiger partial charge is 0.0618 e. The molecule has 0 fully saturated rings. The summed E-state index contributed by atoms with van der Waals surface area (Å²) in [7, 11) is 0. The Balaban J connectivity index is 3.13. The molecule has 1 aromatic heterocycles. The molecule has 0 saturated heterocycles. The summed E-state index contributed by atoms with van der Waals surface area (Å²) in [4.78, 5) is 3.81. The van der Waals surface area contributed by atoms with Crippen LogP contribution < -0.4 is 0 Å². The SMILES string of the molecule is Cc1ccncc1Cl. The van der Waals surface area contributed by atoms with Gasteiger partial charge in [0.1, 0.15) is 0 Å². The van der Waals surface area contributed by atoms with Crippen LogP contribution in [-0.4, -0.2) is 4.98 Å². The maximum Gasteiger partial charge on any atom is 0.0618 e. The zero-order valence-electron chi connectivity index (χ0n) is 4.56. The normalized spacial score (nSPS) is 9.25. The molecule has 0 saturated carbocycles. The maximum atomic E-state index is 5.65. The van der Waals surface area contributed by atoms with Crippen LogP contribution in [0.1, 0.15) is 5.56 Å². The second kappa shape index (κ2) is 2.14. The number of nitrogens with zero attached hydrogens (tertiary/aromatic N) is 1. The second-order valence-electron chi connectivity index (χ2n) is 1.62. The Hall–Kier alpha value is -0.560. The van der Waals surface area contributed by atoms with Gasteiger partial charge in [-0.25, -0.2) is 0 Å². The Kier molecular flexibility index (Phi) is 1.49. The first kappa shape index (κ1) is 5.57. The standard InChI is InChI=1S/C6H6ClN/c1-5-2-3-8-4-6(5)7/h2-4H,1H3. The highest BCUT2D eigenvalue weighted by atomic mass is 35.5. The van der Waals surface area contributed by atoms with E-state index in [-0.39, 0.29) is 0 Å². The largest absolute Gasteiger partial charge is 0.263 e. The molecule has 0 atom stereocenters. The van der Waals surface area contributed by atoms with E-state index in [2.05, 4.69) is 4.98 Å². The van der Waals surface area contributed by atoms with Crippen LogP contribution in [0.2, 0.25) is 5.02 Å². The molecule has 0 aliphatic heterocycles. The predicted octanol–water partition coefficient (Wildman–Crippen LogP) is 2.04. The molecule has 0 aliphatic carbocycles. The van der Waals surface area contributed by atoms with Crippen LogP contribution >= 0.6 is 11.6 Å². The summed E-state index contributed by atoms with van der Waals surface area (Å²) in [6, 6.07) is 1.88. The van der Waals surface area contributed by atoms with Gasteiger partial charge in [-0.2, -0.15) is 0 Å². The van der Waals surface area contributed by atoms with Crippen LogP contribution in [-0.2, 0) is 0 Å². The highest BCUT2D eigenvalue weighted by Crippen LogP contribution is 2.09. The van der Waals surface area contributed by atoms with Crippen molar-refractivity contribution >= 4 is 11.6 Å². The molecule has 0 radical (unpaired) electrons. The number of hydrogen-bond acceptors (Lipinski definition) is 1. The third-order valence-electron chi connectivity index (χ3n) is 0.975. The summed E-state index contributed by atoms with van der Waals surface area (Å²) in [6.45, 7) is 1.95. The molecule has 2 heteroatoms. The lowest BCUT2D eigenvalue weighted by Crippen LogP contribution is -1.73. The number of pyridine rings is 1. The number of aromatic nitrogens is 1. The lowest BCUT2D eigenvalue weighted by Gasteiger charge is -1.90. The monoisotopic (exact) mass is 127 g/mol. The molecule has 1 rings (SSSR count). The number of hydrogen-bond donors (Lipinski definition) is 0. The van der Waals surface area contributed by atoms with Crippen LogP contribution in [0.4, 0.5) is 0 Å². The van der Waals surface area contributed by atoms with E-state index in [0.717, 1.165) is 10.6 Å². The number of halogens is 1. The van der Waals surface area contributed by atoms with Gasteiger partial charge in [-0.15, -0.1) is 0 Å². The fraction of sp³-hybridized carbons (Fsp3) is 0.167. The van der Waals surface area contributed by atoms with Crippen LogP contribution in [0.5, 0.6) is 0 Å². The van der Waals surface area contributed by atoms with E-state index in [1.54, 1.807) is 12.4 Å². The highest BCUT2D eigenvalue weighted by Gasteiger charge is 1.87. The van der Waals surface area contributed by atoms with Crippen LogP contribution in [0.25, 0.3) is 0 Å². The van der Waals surface area contributed by atoms with Crippen molar-refractivity contribution in [3.63, 3.8) is 0 Å². The Bertz CT molecular complexity index is 165. The van der Waals surface area contributed by atoms with Crippen molar-refractivity contribution in [3.8, 4) is 0 Å². The van der Waals surface area contributed by atoms with Gasteiger partial charge in [0.05, 0.1) is 5.02 Å². The van der Waals surface area contributed by atoms with E-state index < -0.39 is 0 Å². The summed E-state index contributed by atoms with van der Waals surface area (Å²) >= 11 is 5.65. The summed E-state index contributed by atoms with van der Waals surface area (Å²) in [5, 5.41) is 0.729. The van der Waals surface area contributed by atoms with Crippen molar-refractivity contribution in [1.82, 2.24) is 4.98 Å². The van der Waals surface area contributed by atoms with Gasteiger partial charge in [-0.05, 0) is 18.6 Å². The van der Waals surface area contributed by atoms with E-state index in [4.69, 9.17) is 11.6 Å². The van der Waals surface area contributed by atoms with Gasteiger partial charge in [0, 0.05) is 12.4 Å². The molecule has 8 heavy (non-hydrogen) atoms. The third-order valence-corrected chi connectivity index (χ3v) is 1.37. The molecule has 42 valence electrons. The molecule has 0 amide bonds. The van der Waals surface area contributed by atoms with Gasteiger partial charge < -0.3 is 0 Å². The lowest BCUT2D eigenvalue weighted by molar-refractivity contribution is 1.29. The predicted molar refractivity (Wildman–Crippen MR) is 34.0 cm³/mol. The topological polar surface area (TPSA) is 12.9 Å². The third kappa shape index (κ3) is 0.984. The molecule has 0 aromatic carbocycles. The molecule has 0 bridgehead atoms. The first-order chi connectivity index (χ1) is 3.80. The summed E-state index contributed by atoms with van der Waals surface area (Å²) in [6.07, 6.45) is 3.36. The minimum atomic E-state index is 0.729. The lowest BCUT2D eigenvalue weighted by atomic mass is 10.3. The van der Waals surface area contributed by atoms with Crippen molar-refractivity contribution in [2.24, 2.45) is 0 Å². The molecule has 1 heterocycles. The van der Waals surface area contributed by atoms with E-state index in [0.29, 0.717) is 0 Å². The highest BCUT2D eigenvalue weighted by molar-refractivity contribution is 6.31. The minimum Gasteiger partial charge on any atom is -0.263 e. The average molecular weight is 128 g/mol. The summed E-state index contributed by atoms with van der Waals surface area (Å²) in [5.74, 6) is 0. The van der Waals surface area contributed by atoms with Crippen molar-refractivity contribution in [1.29, 1.82) is 0 Å². The fourth-order valence-electron chi connectivity index (χ4n) is 0.445. The van der Waals surface area contributed by atoms with Gasteiger partial charge in [0.2, 0.25) is 0 Å². The second-order valence-corrected chi connectivity index (χ2v) is 2.03. The molecule has 1 aromatic rings. The Morgan fingerprint density at radius 1 is 1.62 bits per heavy atom. The van der Waals surface area contributed by atoms with Crippen molar-refractivity contribution < 1.29 is 0 Å². The Morgan fingerprint density at radius 2 is 2.38 bits per heavy atom. The van der Waals surface area contributed by atoms with Crippen LogP contribution in [0.3, 0.4) is 0 Å². The van der Waals surface area contributed by atoms with Gasteiger partial charge in [-0.3, -0.25) is 4.98 Å². The van der Waals surface area contributed by atoms with Crippen LogP contribution in [0, 0.1) is 6.92 Å². The van der Waals surface area contributed by atoms with Gasteiger partial charge in [-0.1, -0.05) is 11.6 Å². The maximum absolute atomic E-state index is 5.65. The molecule has 0 spiro atoms.